The van der Waals surface area contributed by atoms with Gasteiger partial charge in [0.1, 0.15) is 0 Å². The molecule has 0 aromatic carbocycles. The van der Waals surface area contributed by atoms with Crippen LogP contribution in [-0.4, -0.2) is 12.6 Å². The molecule has 3 heteroatoms. The highest BCUT2D eigenvalue weighted by molar-refractivity contribution is 5.87. The van der Waals surface area contributed by atoms with E-state index in [1.807, 2.05) is 0 Å². The van der Waals surface area contributed by atoms with Gasteiger partial charge in [-0.15, -0.1) is 0 Å². The zero-order chi connectivity index (χ0) is 13.1. The minimum Gasteiger partial charge on any atom is -0.463 e. The van der Waals surface area contributed by atoms with Gasteiger partial charge in [-0.05, 0) is 19.8 Å². The Balaban J connectivity index is 3.92. The summed E-state index contributed by atoms with van der Waals surface area (Å²) < 4.78 is 4.84. The summed E-state index contributed by atoms with van der Waals surface area (Å²) in [4.78, 5) is 11.3. The van der Waals surface area contributed by atoms with E-state index in [0.717, 1.165) is 19.3 Å². The lowest BCUT2D eigenvalue weighted by Crippen LogP contribution is -2.10. The maximum Gasteiger partial charge on any atom is 0.333 e. The van der Waals surface area contributed by atoms with Crippen molar-refractivity contribution in [1.82, 2.24) is 0 Å². The van der Waals surface area contributed by atoms with Crippen molar-refractivity contribution in [2.75, 3.05) is 6.61 Å². The fraction of sp³-hybridized carbons (Fsp3) is 0.714. The Kier molecular flexibility index (Phi) is 9.14. The highest BCUT2D eigenvalue weighted by atomic mass is 16.5. The van der Waals surface area contributed by atoms with Crippen molar-refractivity contribution < 1.29 is 9.53 Å². The molecule has 0 N–H and O–H groups in total. The average Bonchev–Trinajstić information content (AvgIpc) is 2.33. The number of carbonyl (C=O) groups is 1. The lowest BCUT2D eigenvalue weighted by Gasteiger charge is -2.10. The Labute approximate surface area is 104 Å². The van der Waals surface area contributed by atoms with Crippen molar-refractivity contribution in [2.45, 2.75) is 52.4 Å². The van der Waals surface area contributed by atoms with Crippen LogP contribution in [0.15, 0.2) is 12.2 Å². The summed E-state index contributed by atoms with van der Waals surface area (Å²) in [5.41, 5.74) is 0.411. The van der Waals surface area contributed by atoms with Gasteiger partial charge < -0.3 is 4.74 Å². The third kappa shape index (κ3) is 7.57. The van der Waals surface area contributed by atoms with Gasteiger partial charge in [-0.2, -0.15) is 5.26 Å². The predicted molar refractivity (Wildman–Crippen MR) is 68.3 cm³/mol. The van der Waals surface area contributed by atoms with Crippen LogP contribution >= 0.6 is 0 Å². The van der Waals surface area contributed by atoms with Gasteiger partial charge in [-0.25, -0.2) is 4.79 Å². The highest BCUT2D eigenvalue weighted by Gasteiger charge is 2.14. The summed E-state index contributed by atoms with van der Waals surface area (Å²) in [5, 5.41) is 9.00. The Bertz CT molecular complexity index is 278. The molecule has 0 fully saturated rings. The summed E-state index contributed by atoms with van der Waals surface area (Å²) in [7, 11) is 0. The number of rotatable bonds is 9. The normalized spacial score (nSPS) is 11.6. The molecule has 0 saturated heterocycles. The van der Waals surface area contributed by atoms with Crippen molar-refractivity contribution >= 4 is 5.97 Å². The third-order valence-electron chi connectivity index (χ3n) is 2.65. The van der Waals surface area contributed by atoms with E-state index in [2.05, 4.69) is 19.6 Å². The second-order valence-corrected chi connectivity index (χ2v) is 4.20. The van der Waals surface area contributed by atoms with E-state index in [9.17, 15) is 4.79 Å². The van der Waals surface area contributed by atoms with E-state index < -0.39 is 0 Å². The van der Waals surface area contributed by atoms with Gasteiger partial charge in [0.2, 0.25) is 0 Å². The molecule has 0 amide bonds. The minimum atomic E-state index is -0.374. The van der Waals surface area contributed by atoms with Crippen molar-refractivity contribution in [1.29, 1.82) is 5.26 Å². The fourth-order valence-corrected chi connectivity index (χ4v) is 1.64. The molecule has 3 nitrogen and oxygen atoms in total. The number of nitrogens with zero attached hydrogens (tertiary/aromatic N) is 1. The van der Waals surface area contributed by atoms with Crippen LogP contribution in [0, 0.1) is 17.2 Å². The number of nitriles is 1. The molecule has 0 aromatic heterocycles. The molecule has 0 radical (unpaired) electrons. The molecule has 0 aliphatic heterocycles. The van der Waals surface area contributed by atoms with Crippen LogP contribution in [0.3, 0.4) is 0 Å². The Morgan fingerprint density at radius 1 is 1.35 bits per heavy atom. The highest BCUT2D eigenvalue weighted by Crippen LogP contribution is 2.18. The second-order valence-electron chi connectivity index (χ2n) is 4.20. The van der Waals surface area contributed by atoms with Gasteiger partial charge in [-0.3, -0.25) is 0 Å². The van der Waals surface area contributed by atoms with Crippen molar-refractivity contribution in [2.24, 2.45) is 5.92 Å². The first-order valence-electron chi connectivity index (χ1n) is 6.40. The molecule has 1 atom stereocenters. The standard InChI is InChI=1S/C14H23NO2/c1-4-6-7-8-9-13(11-15)10-12(3)14(16)17-5-2/h13H,3-10H2,1-2H3. The summed E-state index contributed by atoms with van der Waals surface area (Å²) in [6.07, 6.45) is 5.86. The first-order chi connectivity index (χ1) is 8.15. The van der Waals surface area contributed by atoms with Crippen LogP contribution in [0.1, 0.15) is 52.4 Å². The van der Waals surface area contributed by atoms with Gasteiger partial charge >= 0.3 is 5.97 Å². The monoisotopic (exact) mass is 237 g/mol. The number of hydrogen-bond donors (Lipinski definition) is 0. The van der Waals surface area contributed by atoms with Gasteiger partial charge in [0.25, 0.3) is 0 Å². The van der Waals surface area contributed by atoms with E-state index in [1.165, 1.54) is 12.8 Å². The van der Waals surface area contributed by atoms with Crippen LogP contribution in [-0.2, 0) is 9.53 Å². The maximum atomic E-state index is 11.3. The lowest BCUT2D eigenvalue weighted by molar-refractivity contribution is -0.138. The van der Waals surface area contributed by atoms with E-state index in [-0.39, 0.29) is 11.9 Å². The second kappa shape index (κ2) is 9.89. The first kappa shape index (κ1) is 15.7. The van der Waals surface area contributed by atoms with Crippen LogP contribution in [0.2, 0.25) is 0 Å². The third-order valence-corrected chi connectivity index (χ3v) is 2.65. The van der Waals surface area contributed by atoms with Crippen molar-refractivity contribution in [3.63, 3.8) is 0 Å². The molecule has 1 unspecified atom stereocenters. The zero-order valence-corrected chi connectivity index (χ0v) is 11.0. The Morgan fingerprint density at radius 2 is 2.06 bits per heavy atom. The summed E-state index contributed by atoms with van der Waals surface area (Å²) in [6, 6.07) is 2.24. The van der Waals surface area contributed by atoms with E-state index in [1.54, 1.807) is 6.92 Å². The summed E-state index contributed by atoms with van der Waals surface area (Å²) in [5.74, 6) is -0.481. The molecular formula is C14H23NO2. The number of esters is 1. The first-order valence-corrected chi connectivity index (χ1v) is 6.40. The minimum absolute atomic E-state index is 0.108. The molecular weight excluding hydrogens is 214 g/mol. The van der Waals surface area contributed by atoms with E-state index in [4.69, 9.17) is 10.00 Å². The van der Waals surface area contributed by atoms with Gasteiger partial charge in [0.05, 0.1) is 18.6 Å². The summed E-state index contributed by atoms with van der Waals surface area (Å²) >= 11 is 0. The fourth-order valence-electron chi connectivity index (χ4n) is 1.64. The predicted octanol–water partition coefficient (Wildman–Crippen LogP) is 3.61. The van der Waals surface area contributed by atoms with Crippen LogP contribution in [0.25, 0.3) is 0 Å². The van der Waals surface area contributed by atoms with Crippen molar-refractivity contribution in [3.05, 3.63) is 12.2 Å². The molecule has 0 heterocycles. The van der Waals surface area contributed by atoms with Gasteiger partial charge in [0, 0.05) is 5.57 Å². The van der Waals surface area contributed by atoms with E-state index in [0.29, 0.717) is 18.6 Å². The average molecular weight is 237 g/mol. The maximum absolute atomic E-state index is 11.3. The molecule has 0 bridgehead atoms. The molecule has 0 spiro atoms. The quantitative estimate of drug-likeness (QED) is 0.350. The van der Waals surface area contributed by atoms with Gasteiger partial charge in [0.15, 0.2) is 0 Å². The number of hydrogen-bond acceptors (Lipinski definition) is 3. The zero-order valence-electron chi connectivity index (χ0n) is 11.0. The largest absolute Gasteiger partial charge is 0.463 e. The molecule has 0 aliphatic carbocycles. The number of carbonyl (C=O) groups excluding carboxylic acids is 1. The molecule has 17 heavy (non-hydrogen) atoms. The molecule has 0 rings (SSSR count). The van der Waals surface area contributed by atoms with Crippen LogP contribution in [0.5, 0.6) is 0 Å². The Morgan fingerprint density at radius 3 is 2.59 bits per heavy atom. The number of ether oxygens (including phenoxy) is 1. The van der Waals surface area contributed by atoms with Crippen molar-refractivity contribution in [3.8, 4) is 6.07 Å². The molecule has 96 valence electrons. The SMILES string of the molecule is C=C(CC(C#N)CCCCCC)C(=O)OCC. The molecule has 0 aromatic rings. The van der Waals surface area contributed by atoms with Crippen LogP contribution < -0.4 is 0 Å². The topological polar surface area (TPSA) is 50.1 Å². The van der Waals surface area contributed by atoms with Gasteiger partial charge in [-0.1, -0.05) is 39.2 Å². The molecule has 0 aliphatic rings. The van der Waals surface area contributed by atoms with E-state index >= 15 is 0 Å². The number of unbranched alkanes of at least 4 members (excludes halogenated alkanes) is 3. The van der Waals surface area contributed by atoms with Crippen LogP contribution in [0.4, 0.5) is 0 Å². The lowest BCUT2D eigenvalue weighted by atomic mass is 9.95. The smallest absolute Gasteiger partial charge is 0.333 e. The Hall–Kier alpha value is -1.30. The molecule has 0 saturated carbocycles. The summed E-state index contributed by atoms with van der Waals surface area (Å²) in [6.45, 7) is 7.95.